The van der Waals surface area contributed by atoms with Crippen LogP contribution in [-0.2, 0) is 13.1 Å². The third kappa shape index (κ3) is 7.14. The smallest absolute Gasteiger partial charge is 0.191 e. The molecule has 0 saturated carbocycles. The summed E-state index contributed by atoms with van der Waals surface area (Å²) in [6, 6.07) is 8.95. The van der Waals surface area contributed by atoms with Crippen LogP contribution in [-0.4, -0.2) is 49.0 Å². The van der Waals surface area contributed by atoms with Crippen LogP contribution in [0.25, 0.3) is 0 Å². The van der Waals surface area contributed by atoms with E-state index in [0.717, 1.165) is 37.9 Å². The van der Waals surface area contributed by atoms with Crippen LogP contribution in [0.4, 0.5) is 0 Å². The lowest BCUT2D eigenvalue weighted by Crippen LogP contribution is -2.38. The van der Waals surface area contributed by atoms with Crippen molar-refractivity contribution in [1.82, 2.24) is 15.5 Å². The minimum atomic E-state index is 0.721. The molecule has 24 heavy (non-hydrogen) atoms. The highest BCUT2D eigenvalue weighted by molar-refractivity contribution is 7.98. The summed E-state index contributed by atoms with van der Waals surface area (Å²) >= 11 is 1.84. The predicted molar refractivity (Wildman–Crippen MR) is 107 cm³/mol. The van der Waals surface area contributed by atoms with E-state index >= 15 is 0 Å². The largest absolute Gasteiger partial charge is 0.357 e. The van der Waals surface area contributed by atoms with Crippen LogP contribution in [0.15, 0.2) is 29.3 Å². The van der Waals surface area contributed by atoms with Gasteiger partial charge >= 0.3 is 0 Å². The molecular weight excluding hydrogens is 316 g/mol. The third-order valence-corrected chi connectivity index (χ3v) is 4.85. The van der Waals surface area contributed by atoms with Gasteiger partial charge in [-0.3, -0.25) is 4.90 Å². The van der Waals surface area contributed by atoms with E-state index in [9.17, 15) is 0 Å². The SMILES string of the molecule is CCNC(=NCc1ccc(CN2CCCCC2)cc1)NCCSC. The molecule has 1 saturated heterocycles. The van der Waals surface area contributed by atoms with Gasteiger partial charge in [0, 0.05) is 25.4 Å². The fraction of sp³-hybridized carbons (Fsp3) is 0.632. The van der Waals surface area contributed by atoms with E-state index in [2.05, 4.69) is 58.0 Å². The van der Waals surface area contributed by atoms with Gasteiger partial charge in [0.2, 0.25) is 0 Å². The molecule has 1 aliphatic heterocycles. The Hall–Kier alpha value is -1.20. The monoisotopic (exact) mass is 348 g/mol. The maximum atomic E-state index is 4.68. The molecule has 0 bridgehead atoms. The Morgan fingerprint density at radius 2 is 1.79 bits per heavy atom. The van der Waals surface area contributed by atoms with E-state index in [1.165, 1.54) is 43.5 Å². The van der Waals surface area contributed by atoms with Gasteiger partial charge in [-0.1, -0.05) is 30.7 Å². The number of benzene rings is 1. The Labute approximate surface area is 151 Å². The fourth-order valence-electron chi connectivity index (χ4n) is 2.91. The molecule has 0 spiro atoms. The molecule has 1 aliphatic rings. The summed E-state index contributed by atoms with van der Waals surface area (Å²) in [6.45, 7) is 8.24. The van der Waals surface area contributed by atoms with Gasteiger partial charge in [0.15, 0.2) is 5.96 Å². The van der Waals surface area contributed by atoms with Gasteiger partial charge in [0.25, 0.3) is 0 Å². The number of aliphatic imine (C=N–C) groups is 1. The Morgan fingerprint density at radius 1 is 1.08 bits per heavy atom. The average molecular weight is 349 g/mol. The van der Waals surface area contributed by atoms with Gasteiger partial charge in [0.1, 0.15) is 0 Å². The van der Waals surface area contributed by atoms with E-state index in [4.69, 9.17) is 0 Å². The molecule has 0 unspecified atom stereocenters. The standard InChI is InChI=1S/C19H32N4S/c1-3-20-19(21-11-14-24-2)22-15-17-7-9-18(10-8-17)16-23-12-5-4-6-13-23/h7-10H,3-6,11-16H2,1-2H3,(H2,20,21,22). The molecule has 1 aromatic carbocycles. The van der Waals surface area contributed by atoms with E-state index in [1.807, 2.05) is 11.8 Å². The lowest BCUT2D eigenvalue weighted by molar-refractivity contribution is 0.221. The molecule has 0 aliphatic carbocycles. The van der Waals surface area contributed by atoms with Crippen molar-refractivity contribution in [3.8, 4) is 0 Å². The topological polar surface area (TPSA) is 39.7 Å². The lowest BCUT2D eigenvalue weighted by Gasteiger charge is -2.26. The van der Waals surface area contributed by atoms with Crippen LogP contribution >= 0.6 is 11.8 Å². The number of hydrogen-bond donors (Lipinski definition) is 2. The molecule has 4 nitrogen and oxygen atoms in total. The second-order valence-corrected chi connectivity index (χ2v) is 7.25. The summed E-state index contributed by atoms with van der Waals surface area (Å²) in [7, 11) is 0. The van der Waals surface area contributed by atoms with Gasteiger partial charge in [0.05, 0.1) is 6.54 Å². The third-order valence-electron chi connectivity index (χ3n) is 4.24. The molecule has 0 amide bonds. The summed E-state index contributed by atoms with van der Waals surface area (Å²) in [6.07, 6.45) is 6.22. The molecule has 1 fully saturated rings. The Kier molecular flexibility index (Phi) is 9.06. The molecule has 1 heterocycles. The summed E-state index contributed by atoms with van der Waals surface area (Å²) in [4.78, 5) is 7.24. The van der Waals surface area contributed by atoms with Crippen LogP contribution < -0.4 is 10.6 Å². The van der Waals surface area contributed by atoms with Crippen LogP contribution in [0.2, 0.25) is 0 Å². The molecule has 0 atom stereocenters. The van der Waals surface area contributed by atoms with Crippen molar-refractivity contribution in [3.05, 3.63) is 35.4 Å². The summed E-state index contributed by atoms with van der Waals surface area (Å²) in [5, 5.41) is 6.67. The normalized spacial score (nSPS) is 16.2. The minimum Gasteiger partial charge on any atom is -0.357 e. The van der Waals surface area contributed by atoms with Gasteiger partial charge in [-0.05, 0) is 50.2 Å². The van der Waals surface area contributed by atoms with E-state index in [1.54, 1.807) is 0 Å². The van der Waals surface area contributed by atoms with Crippen molar-refractivity contribution in [1.29, 1.82) is 0 Å². The fourth-order valence-corrected chi connectivity index (χ4v) is 3.22. The molecule has 0 aromatic heterocycles. The average Bonchev–Trinajstić information content (AvgIpc) is 2.62. The van der Waals surface area contributed by atoms with Crippen LogP contribution in [0.5, 0.6) is 0 Å². The van der Waals surface area contributed by atoms with Crippen LogP contribution in [0.1, 0.15) is 37.3 Å². The number of likely N-dealkylation sites (tertiary alicyclic amines) is 1. The number of nitrogens with zero attached hydrogens (tertiary/aromatic N) is 2. The number of hydrogen-bond acceptors (Lipinski definition) is 3. The van der Waals surface area contributed by atoms with Crippen molar-refractivity contribution in [2.45, 2.75) is 39.3 Å². The van der Waals surface area contributed by atoms with Crippen molar-refractivity contribution in [2.75, 3.05) is 38.2 Å². The van der Waals surface area contributed by atoms with Crippen molar-refractivity contribution < 1.29 is 0 Å². The number of guanidine groups is 1. The summed E-state index contributed by atoms with van der Waals surface area (Å²) in [5.74, 6) is 2.00. The Morgan fingerprint density at radius 3 is 2.46 bits per heavy atom. The molecule has 134 valence electrons. The molecule has 5 heteroatoms. The molecule has 2 rings (SSSR count). The van der Waals surface area contributed by atoms with E-state index < -0.39 is 0 Å². The van der Waals surface area contributed by atoms with Crippen molar-refractivity contribution in [2.24, 2.45) is 4.99 Å². The Balaban J connectivity index is 1.83. The zero-order valence-electron chi connectivity index (χ0n) is 15.2. The van der Waals surface area contributed by atoms with Gasteiger partial charge in [-0.2, -0.15) is 11.8 Å². The number of nitrogens with one attached hydrogen (secondary N) is 2. The second kappa shape index (κ2) is 11.4. The number of thioether (sulfide) groups is 1. The highest BCUT2D eigenvalue weighted by Crippen LogP contribution is 2.13. The lowest BCUT2D eigenvalue weighted by atomic mass is 10.1. The second-order valence-electron chi connectivity index (χ2n) is 6.27. The first-order valence-electron chi connectivity index (χ1n) is 9.13. The first-order valence-corrected chi connectivity index (χ1v) is 10.5. The van der Waals surface area contributed by atoms with Crippen molar-refractivity contribution in [3.63, 3.8) is 0 Å². The predicted octanol–water partition coefficient (Wildman–Crippen LogP) is 3.09. The van der Waals surface area contributed by atoms with Crippen LogP contribution in [0, 0.1) is 0 Å². The molecule has 2 N–H and O–H groups in total. The number of piperidine rings is 1. The van der Waals surface area contributed by atoms with E-state index in [-0.39, 0.29) is 0 Å². The first kappa shape index (κ1) is 19.1. The number of rotatable bonds is 8. The maximum absolute atomic E-state index is 4.68. The Bertz CT molecular complexity index is 481. The van der Waals surface area contributed by atoms with E-state index in [0.29, 0.717) is 0 Å². The van der Waals surface area contributed by atoms with Gasteiger partial charge in [-0.25, -0.2) is 4.99 Å². The molecule has 0 radical (unpaired) electrons. The molecule has 1 aromatic rings. The van der Waals surface area contributed by atoms with Crippen molar-refractivity contribution >= 4 is 17.7 Å². The first-order chi connectivity index (χ1) is 11.8. The molecular formula is C19H32N4S. The zero-order chi connectivity index (χ0) is 17.0. The zero-order valence-corrected chi connectivity index (χ0v) is 16.0. The summed E-state index contributed by atoms with van der Waals surface area (Å²) < 4.78 is 0. The summed E-state index contributed by atoms with van der Waals surface area (Å²) in [5.41, 5.74) is 2.68. The quantitative estimate of drug-likeness (QED) is 0.430. The highest BCUT2D eigenvalue weighted by atomic mass is 32.2. The van der Waals surface area contributed by atoms with Gasteiger partial charge < -0.3 is 10.6 Å². The maximum Gasteiger partial charge on any atom is 0.191 e. The highest BCUT2D eigenvalue weighted by Gasteiger charge is 2.10. The van der Waals surface area contributed by atoms with Gasteiger partial charge in [-0.15, -0.1) is 0 Å². The minimum absolute atomic E-state index is 0.721. The van der Waals surface area contributed by atoms with Crippen LogP contribution in [0.3, 0.4) is 0 Å².